The maximum Gasteiger partial charge on any atom is 0.352 e. The molecular formula is C12H14N2O3S. The molecule has 1 N–H and O–H groups in total. The predicted octanol–water partition coefficient (Wildman–Crippen LogP) is 1.28. The molecule has 1 fully saturated rings. The molecule has 0 bridgehead atoms. The van der Waals surface area contributed by atoms with Crippen molar-refractivity contribution in [3.63, 3.8) is 0 Å². The Balaban J connectivity index is 2.35. The van der Waals surface area contributed by atoms with E-state index >= 15 is 0 Å². The molecule has 96 valence electrons. The monoisotopic (exact) mass is 266 g/mol. The van der Waals surface area contributed by atoms with E-state index in [0.717, 1.165) is 5.71 Å². The third-order valence-corrected chi connectivity index (χ3v) is 4.10. The summed E-state index contributed by atoms with van der Waals surface area (Å²) in [6.07, 6.45) is 1.50. The van der Waals surface area contributed by atoms with E-state index < -0.39 is 12.0 Å². The Morgan fingerprint density at radius 3 is 2.78 bits per heavy atom. The zero-order valence-electron chi connectivity index (χ0n) is 10.2. The van der Waals surface area contributed by atoms with Gasteiger partial charge in [0.1, 0.15) is 11.1 Å². The summed E-state index contributed by atoms with van der Waals surface area (Å²) in [5, 5.41) is 9.01. The fraction of sp³-hybridized carbons (Fsp3) is 0.417. The van der Waals surface area contributed by atoms with Crippen molar-refractivity contribution in [2.45, 2.75) is 25.3 Å². The van der Waals surface area contributed by atoms with Crippen molar-refractivity contribution in [3.05, 3.63) is 23.9 Å². The van der Waals surface area contributed by atoms with Crippen LogP contribution in [-0.2, 0) is 9.59 Å². The van der Waals surface area contributed by atoms with Gasteiger partial charge in [0.2, 0.25) is 0 Å². The van der Waals surface area contributed by atoms with Gasteiger partial charge in [-0.2, -0.15) is 0 Å². The Kier molecular flexibility index (Phi) is 3.30. The van der Waals surface area contributed by atoms with Gasteiger partial charge in [-0.1, -0.05) is 12.7 Å². The van der Waals surface area contributed by atoms with Gasteiger partial charge in [0.15, 0.2) is 6.04 Å². The molecular weight excluding hydrogens is 252 g/mol. The Labute approximate surface area is 109 Å². The highest BCUT2D eigenvalue weighted by atomic mass is 32.2. The number of fused-ring (bicyclic) bond motifs is 1. The average molecular weight is 266 g/mol. The van der Waals surface area contributed by atoms with Crippen molar-refractivity contribution >= 4 is 29.4 Å². The van der Waals surface area contributed by atoms with Gasteiger partial charge >= 0.3 is 5.97 Å². The lowest BCUT2D eigenvalue weighted by molar-refractivity contribution is -0.147. The molecule has 18 heavy (non-hydrogen) atoms. The summed E-state index contributed by atoms with van der Waals surface area (Å²) in [4.78, 5) is 28.8. The number of carboxylic acid groups (broad SMARTS) is 1. The normalized spacial score (nSPS) is 26.3. The number of rotatable bonds is 3. The molecule has 0 radical (unpaired) electrons. The maximum atomic E-state index is 12.0. The number of hydrogen-bond acceptors (Lipinski definition) is 4. The third-order valence-electron chi connectivity index (χ3n) is 2.82. The highest BCUT2D eigenvalue weighted by Gasteiger charge is 2.53. The van der Waals surface area contributed by atoms with E-state index in [4.69, 9.17) is 0 Å². The molecule has 0 aliphatic carbocycles. The zero-order valence-corrected chi connectivity index (χ0v) is 11.0. The number of carbonyl (C=O) groups excluding carboxylic acids is 1. The van der Waals surface area contributed by atoms with Gasteiger partial charge in [-0.3, -0.25) is 14.7 Å². The lowest BCUT2D eigenvalue weighted by Crippen LogP contribution is -2.64. The van der Waals surface area contributed by atoms with Crippen LogP contribution < -0.4 is 0 Å². The second-order valence-corrected chi connectivity index (χ2v) is 5.42. The molecule has 2 aliphatic rings. The van der Waals surface area contributed by atoms with Crippen molar-refractivity contribution < 1.29 is 14.7 Å². The largest absolute Gasteiger partial charge is 0.477 e. The molecule has 0 aromatic heterocycles. The minimum atomic E-state index is -1.08. The Hall–Kier alpha value is -1.56. The molecule has 0 spiro atoms. The van der Waals surface area contributed by atoms with Crippen LogP contribution in [0.2, 0.25) is 0 Å². The molecule has 2 heterocycles. The summed E-state index contributed by atoms with van der Waals surface area (Å²) in [5.41, 5.74) is 1.47. The van der Waals surface area contributed by atoms with Crippen molar-refractivity contribution in [1.29, 1.82) is 0 Å². The Bertz CT molecular complexity index is 492. The average Bonchev–Trinajstić information content (AvgIpc) is 2.33. The summed E-state index contributed by atoms with van der Waals surface area (Å²) in [6.45, 7) is 7.24. The van der Waals surface area contributed by atoms with Crippen LogP contribution in [0.1, 0.15) is 13.8 Å². The van der Waals surface area contributed by atoms with Crippen LogP contribution in [0.5, 0.6) is 0 Å². The van der Waals surface area contributed by atoms with E-state index in [1.807, 2.05) is 13.8 Å². The first-order valence-corrected chi connectivity index (χ1v) is 6.56. The number of nitrogens with zero attached hydrogens (tertiary/aromatic N) is 2. The molecule has 0 aromatic carbocycles. The number of carboxylic acids is 1. The first kappa shape index (κ1) is 12.9. The molecule has 6 heteroatoms. The van der Waals surface area contributed by atoms with E-state index in [1.54, 1.807) is 0 Å². The second-order valence-electron chi connectivity index (χ2n) is 4.31. The van der Waals surface area contributed by atoms with Gasteiger partial charge in [0.05, 0.1) is 0 Å². The summed E-state index contributed by atoms with van der Waals surface area (Å²) in [5.74, 6) is -0.779. The smallest absolute Gasteiger partial charge is 0.352 e. The third kappa shape index (κ3) is 1.86. The van der Waals surface area contributed by atoms with Crippen LogP contribution in [0.15, 0.2) is 28.9 Å². The van der Waals surface area contributed by atoms with Gasteiger partial charge in [-0.15, -0.1) is 11.8 Å². The second kappa shape index (κ2) is 4.61. The van der Waals surface area contributed by atoms with E-state index in [2.05, 4.69) is 11.6 Å². The maximum absolute atomic E-state index is 12.0. The number of carbonyl (C=O) groups is 2. The van der Waals surface area contributed by atoms with Crippen molar-refractivity contribution in [1.82, 2.24) is 4.90 Å². The molecule has 1 amide bonds. The number of aliphatic imine (C=N–C) groups is 1. The van der Waals surface area contributed by atoms with Crippen LogP contribution >= 0.6 is 11.8 Å². The summed E-state index contributed by atoms with van der Waals surface area (Å²) in [7, 11) is 0. The van der Waals surface area contributed by atoms with Crippen LogP contribution in [-0.4, -0.2) is 44.8 Å². The molecule has 2 atom stereocenters. The standard InChI is InChI=1S/C12H14N2O3S/c1-4-7-5-18-11-8(13-6(2)3)10(15)14(11)9(7)12(16)17/h4,8,11H,1,5H2,2-3H3,(H,16,17)/t8?,11-/m1/s1. The van der Waals surface area contributed by atoms with E-state index in [1.165, 1.54) is 22.7 Å². The number of allylic oxidation sites excluding steroid dienone is 1. The summed E-state index contributed by atoms with van der Waals surface area (Å²) >= 11 is 1.53. The van der Waals surface area contributed by atoms with Gasteiger partial charge < -0.3 is 5.11 Å². The molecule has 0 saturated carbocycles. The molecule has 2 rings (SSSR count). The van der Waals surface area contributed by atoms with E-state index in [-0.39, 0.29) is 17.0 Å². The zero-order chi connectivity index (χ0) is 13.4. The summed E-state index contributed by atoms with van der Waals surface area (Å²) < 4.78 is 0. The van der Waals surface area contributed by atoms with Gasteiger partial charge in [0, 0.05) is 11.5 Å². The Morgan fingerprint density at radius 2 is 2.28 bits per heavy atom. The minimum absolute atomic E-state index is 0.0546. The fourth-order valence-electron chi connectivity index (χ4n) is 2.04. The molecule has 1 unspecified atom stereocenters. The van der Waals surface area contributed by atoms with Gasteiger partial charge in [-0.25, -0.2) is 4.79 Å². The summed E-state index contributed by atoms with van der Waals surface area (Å²) in [6, 6.07) is -0.444. The Morgan fingerprint density at radius 1 is 1.61 bits per heavy atom. The van der Waals surface area contributed by atoms with Crippen LogP contribution in [0, 0.1) is 0 Å². The number of amides is 1. The fourth-order valence-corrected chi connectivity index (χ4v) is 3.37. The highest BCUT2D eigenvalue weighted by Crippen LogP contribution is 2.41. The number of aliphatic carboxylic acids is 1. The first-order valence-electron chi connectivity index (χ1n) is 5.52. The number of thioether (sulfide) groups is 1. The van der Waals surface area contributed by atoms with Gasteiger partial charge in [0.25, 0.3) is 5.91 Å². The van der Waals surface area contributed by atoms with Gasteiger partial charge in [-0.05, 0) is 19.4 Å². The number of hydrogen-bond donors (Lipinski definition) is 1. The lowest BCUT2D eigenvalue weighted by atomic mass is 10.0. The molecule has 2 aliphatic heterocycles. The molecule has 0 aromatic rings. The minimum Gasteiger partial charge on any atom is -0.477 e. The molecule has 1 saturated heterocycles. The van der Waals surface area contributed by atoms with Crippen molar-refractivity contribution in [2.75, 3.05) is 5.75 Å². The topological polar surface area (TPSA) is 70.0 Å². The van der Waals surface area contributed by atoms with E-state index in [9.17, 15) is 14.7 Å². The van der Waals surface area contributed by atoms with Crippen molar-refractivity contribution in [2.24, 2.45) is 4.99 Å². The van der Waals surface area contributed by atoms with Crippen molar-refractivity contribution in [3.8, 4) is 0 Å². The van der Waals surface area contributed by atoms with Crippen LogP contribution in [0.25, 0.3) is 0 Å². The predicted molar refractivity (Wildman–Crippen MR) is 70.5 cm³/mol. The quantitative estimate of drug-likeness (QED) is 0.617. The van der Waals surface area contributed by atoms with Crippen LogP contribution in [0.4, 0.5) is 0 Å². The van der Waals surface area contributed by atoms with E-state index in [0.29, 0.717) is 11.3 Å². The first-order chi connectivity index (χ1) is 8.47. The lowest BCUT2D eigenvalue weighted by Gasteiger charge is -2.47. The number of β-lactam (4-membered cyclic amide) rings is 1. The SMILES string of the molecule is C=CC1=C(C(=O)O)N2C(=O)C(N=C(C)C)[C@H]2SC1. The molecule has 5 nitrogen and oxygen atoms in total. The van der Waals surface area contributed by atoms with Crippen LogP contribution in [0.3, 0.4) is 0 Å². The highest BCUT2D eigenvalue weighted by molar-refractivity contribution is 8.00.